The Balaban J connectivity index is 1.53. The molecule has 2 saturated carbocycles. The van der Waals surface area contributed by atoms with Crippen molar-refractivity contribution in [3.63, 3.8) is 0 Å². The van der Waals surface area contributed by atoms with Crippen LogP contribution < -0.4 is 5.32 Å². The highest BCUT2D eigenvalue weighted by molar-refractivity contribution is 7.15. The number of hydrogen-bond donors (Lipinski definition) is 1. The second kappa shape index (κ2) is 9.74. The van der Waals surface area contributed by atoms with E-state index in [1.54, 1.807) is 6.92 Å². The Morgan fingerprint density at radius 3 is 2.62 bits per heavy atom. The van der Waals surface area contributed by atoms with Crippen molar-refractivity contribution in [1.29, 1.82) is 0 Å². The van der Waals surface area contributed by atoms with Crippen molar-refractivity contribution in [3.8, 4) is 0 Å². The van der Waals surface area contributed by atoms with Gasteiger partial charge in [-0.1, -0.05) is 20.3 Å². The summed E-state index contributed by atoms with van der Waals surface area (Å²) in [5.74, 6) is 1.03. The third-order valence-corrected chi connectivity index (χ3v) is 6.85. The molecular weight excluding hydrogens is 390 g/mol. The fourth-order valence-corrected chi connectivity index (χ4v) is 5.69. The summed E-state index contributed by atoms with van der Waals surface area (Å²) >= 11 is 1.30. The van der Waals surface area contributed by atoms with E-state index in [9.17, 15) is 14.4 Å². The Morgan fingerprint density at radius 2 is 2.00 bits per heavy atom. The summed E-state index contributed by atoms with van der Waals surface area (Å²) in [6, 6.07) is 0. The minimum Gasteiger partial charge on any atom is -0.462 e. The molecule has 0 unspecified atom stereocenters. The van der Waals surface area contributed by atoms with Crippen LogP contribution in [0, 0.1) is 23.7 Å². The average Bonchev–Trinajstić information content (AvgIpc) is 3.36. The first-order valence-corrected chi connectivity index (χ1v) is 11.5. The van der Waals surface area contributed by atoms with Gasteiger partial charge in [0.1, 0.15) is 5.00 Å². The molecule has 1 heterocycles. The number of nitrogens with one attached hydrogen (secondary N) is 1. The van der Waals surface area contributed by atoms with Gasteiger partial charge in [0.25, 0.3) is 5.91 Å². The second-order valence-corrected chi connectivity index (χ2v) is 9.51. The van der Waals surface area contributed by atoms with E-state index in [2.05, 4.69) is 19.2 Å². The van der Waals surface area contributed by atoms with Crippen LogP contribution >= 0.6 is 11.3 Å². The van der Waals surface area contributed by atoms with Gasteiger partial charge in [-0.3, -0.25) is 9.59 Å². The van der Waals surface area contributed by atoms with Crippen LogP contribution in [-0.2, 0) is 25.5 Å². The Morgan fingerprint density at radius 1 is 1.21 bits per heavy atom. The molecule has 7 heteroatoms. The zero-order valence-electron chi connectivity index (χ0n) is 17.5. The van der Waals surface area contributed by atoms with Crippen LogP contribution in [0.5, 0.6) is 0 Å². The maximum absolute atomic E-state index is 12.4. The van der Waals surface area contributed by atoms with Gasteiger partial charge in [0.2, 0.25) is 0 Å². The molecule has 6 nitrogen and oxygen atoms in total. The highest BCUT2D eigenvalue weighted by Crippen LogP contribution is 2.49. The molecule has 29 heavy (non-hydrogen) atoms. The summed E-state index contributed by atoms with van der Waals surface area (Å²) in [7, 11) is 0. The normalized spacial score (nSPS) is 22.7. The summed E-state index contributed by atoms with van der Waals surface area (Å²) in [5.41, 5.74) is 1.28. The van der Waals surface area contributed by atoms with E-state index >= 15 is 0 Å². The van der Waals surface area contributed by atoms with Crippen molar-refractivity contribution in [1.82, 2.24) is 0 Å². The first-order chi connectivity index (χ1) is 13.9. The van der Waals surface area contributed by atoms with Crippen LogP contribution in [0.4, 0.5) is 5.00 Å². The largest absolute Gasteiger partial charge is 0.462 e. The molecule has 0 aromatic carbocycles. The van der Waals surface area contributed by atoms with Gasteiger partial charge in [0.05, 0.1) is 12.2 Å². The lowest BCUT2D eigenvalue weighted by molar-refractivity contribution is -0.148. The van der Waals surface area contributed by atoms with E-state index in [0.717, 1.165) is 24.3 Å². The van der Waals surface area contributed by atoms with Crippen molar-refractivity contribution >= 4 is 34.2 Å². The minimum atomic E-state index is -0.437. The van der Waals surface area contributed by atoms with Crippen molar-refractivity contribution in [2.75, 3.05) is 18.5 Å². The summed E-state index contributed by atoms with van der Waals surface area (Å²) < 4.78 is 10.4. The summed E-state index contributed by atoms with van der Waals surface area (Å²) in [6.07, 6.45) is 5.99. The van der Waals surface area contributed by atoms with E-state index in [1.165, 1.54) is 30.6 Å². The molecule has 0 aliphatic heterocycles. The number of carbonyl (C=O) groups excluding carboxylic acids is 3. The number of ether oxygens (including phenoxy) is 2. The van der Waals surface area contributed by atoms with Gasteiger partial charge >= 0.3 is 11.9 Å². The number of anilines is 1. The predicted molar refractivity (Wildman–Crippen MR) is 112 cm³/mol. The van der Waals surface area contributed by atoms with Crippen LogP contribution in [0.2, 0.25) is 0 Å². The molecule has 0 radical (unpaired) electrons. The number of amides is 1. The molecule has 2 fully saturated rings. The maximum Gasteiger partial charge on any atom is 0.341 e. The summed E-state index contributed by atoms with van der Waals surface area (Å²) in [4.78, 5) is 36.8. The molecule has 0 saturated heterocycles. The van der Waals surface area contributed by atoms with Gasteiger partial charge in [0, 0.05) is 6.42 Å². The topological polar surface area (TPSA) is 81.7 Å². The molecule has 1 amide bonds. The first kappa shape index (κ1) is 21.8. The second-order valence-electron chi connectivity index (χ2n) is 8.63. The molecular formula is C22H31NO5S. The minimum absolute atomic E-state index is 0.268. The Hall–Kier alpha value is -1.89. The monoisotopic (exact) mass is 421 g/mol. The third-order valence-electron chi connectivity index (χ3n) is 5.91. The van der Waals surface area contributed by atoms with Crippen molar-refractivity contribution in [2.24, 2.45) is 23.7 Å². The first-order valence-electron chi connectivity index (χ1n) is 10.6. The summed E-state index contributed by atoms with van der Waals surface area (Å²) in [5, 5.41) is 5.05. The molecule has 0 spiro atoms. The molecule has 3 atom stereocenters. The van der Waals surface area contributed by atoms with Gasteiger partial charge in [-0.25, -0.2) is 4.79 Å². The van der Waals surface area contributed by atoms with Crippen molar-refractivity contribution < 1.29 is 23.9 Å². The molecule has 2 aliphatic carbocycles. The van der Waals surface area contributed by atoms with Gasteiger partial charge in [-0.05, 0) is 67.2 Å². The van der Waals surface area contributed by atoms with Gasteiger partial charge < -0.3 is 14.8 Å². The van der Waals surface area contributed by atoms with Crippen LogP contribution in [-0.4, -0.2) is 31.1 Å². The van der Waals surface area contributed by atoms with Crippen LogP contribution in [0.3, 0.4) is 0 Å². The van der Waals surface area contributed by atoms with Crippen LogP contribution in [0.1, 0.15) is 68.8 Å². The lowest BCUT2D eigenvalue weighted by Crippen LogP contribution is -2.23. The van der Waals surface area contributed by atoms with Gasteiger partial charge in [-0.2, -0.15) is 0 Å². The highest BCUT2D eigenvalue weighted by Gasteiger charge is 2.40. The summed E-state index contributed by atoms with van der Waals surface area (Å²) in [6.45, 7) is 5.82. The zero-order valence-corrected chi connectivity index (χ0v) is 18.3. The SMILES string of the molecule is CCOC(=O)c1c(CC(C)C)csc1NC(=O)COC(=O)C[C@@H]1C[C@@H]2CC[C@@H]1C2. The zero-order chi connectivity index (χ0) is 21.0. The Bertz CT molecular complexity index is 756. The number of fused-ring (bicyclic) bond motifs is 2. The Kier molecular flexibility index (Phi) is 7.33. The standard InChI is InChI=1S/C22H31NO5S/c1-4-27-22(26)20-17(7-13(2)3)12-29-21(20)23-18(24)11-28-19(25)10-16-9-14-5-6-15(16)8-14/h12-16H,4-11H2,1-3H3,(H,23,24)/t14-,15-,16+/m1/s1. The maximum atomic E-state index is 12.4. The molecule has 1 aromatic rings. The Labute approximate surface area is 176 Å². The van der Waals surface area contributed by atoms with Crippen molar-refractivity contribution in [2.45, 2.75) is 59.3 Å². The molecule has 160 valence electrons. The van der Waals surface area contributed by atoms with Crippen molar-refractivity contribution in [3.05, 3.63) is 16.5 Å². The van der Waals surface area contributed by atoms with E-state index < -0.39 is 11.9 Å². The number of esters is 2. The average molecular weight is 422 g/mol. The number of rotatable bonds is 9. The van der Waals surface area contributed by atoms with Crippen LogP contribution in [0.15, 0.2) is 5.38 Å². The van der Waals surface area contributed by atoms with E-state index in [4.69, 9.17) is 9.47 Å². The molecule has 1 aromatic heterocycles. The molecule has 2 aliphatic rings. The predicted octanol–water partition coefficient (Wildman–Crippen LogP) is 4.43. The lowest BCUT2D eigenvalue weighted by Gasteiger charge is -2.20. The van der Waals surface area contributed by atoms with E-state index in [1.807, 2.05) is 5.38 Å². The van der Waals surface area contributed by atoms with E-state index in [0.29, 0.717) is 34.7 Å². The van der Waals surface area contributed by atoms with E-state index in [-0.39, 0.29) is 19.2 Å². The quantitative estimate of drug-likeness (QED) is 0.597. The highest BCUT2D eigenvalue weighted by atomic mass is 32.1. The van der Waals surface area contributed by atoms with Gasteiger partial charge in [0.15, 0.2) is 6.61 Å². The van der Waals surface area contributed by atoms with Gasteiger partial charge in [-0.15, -0.1) is 11.3 Å². The van der Waals surface area contributed by atoms with Crippen LogP contribution in [0.25, 0.3) is 0 Å². The lowest BCUT2D eigenvalue weighted by atomic mass is 9.86. The smallest absolute Gasteiger partial charge is 0.341 e. The number of carbonyl (C=O) groups is 3. The molecule has 1 N–H and O–H groups in total. The fraction of sp³-hybridized carbons (Fsp3) is 0.682. The number of hydrogen-bond acceptors (Lipinski definition) is 6. The third kappa shape index (κ3) is 5.59. The fourth-order valence-electron chi connectivity index (χ4n) is 4.71. The molecule has 2 bridgehead atoms. The number of thiophene rings is 1. The molecule has 3 rings (SSSR count).